The number of aromatic nitrogens is 2. The van der Waals surface area contributed by atoms with Crippen molar-refractivity contribution in [3.8, 4) is 0 Å². The summed E-state index contributed by atoms with van der Waals surface area (Å²) in [5, 5.41) is 12.0. The van der Waals surface area contributed by atoms with E-state index in [2.05, 4.69) is 15.3 Å². The van der Waals surface area contributed by atoms with E-state index in [0.717, 1.165) is 11.1 Å². The fraction of sp³-hybridized carbons (Fsp3) is 0.294. The lowest BCUT2D eigenvalue weighted by Gasteiger charge is -2.14. The van der Waals surface area contributed by atoms with Crippen LogP contribution in [0.25, 0.3) is 0 Å². The van der Waals surface area contributed by atoms with Gasteiger partial charge in [-0.15, -0.1) is 0 Å². The van der Waals surface area contributed by atoms with Crippen LogP contribution in [-0.2, 0) is 11.2 Å². The number of aryl methyl sites for hydroxylation is 2. The number of rotatable bonds is 6. The Bertz CT molecular complexity index is 716. The predicted octanol–water partition coefficient (Wildman–Crippen LogP) is 1.77. The molecule has 2 rings (SSSR count). The van der Waals surface area contributed by atoms with Crippen molar-refractivity contribution in [3.05, 3.63) is 59.2 Å². The molecule has 0 saturated heterocycles. The maximum Gasteiger partial charge on any atom is 0.308 e. The molecule has 1 unspecified atom stereocenters. The van der Waals surface area contributed by atoms with E-state index in [-0.39, 0.29) is 12.5 Å². The van der Waals surface area contributed by atoms with Crippen LogP contribution in [0, 0.1) is 19.8 Å². The minimum absolute atomic E-state index is 0.0520. The number of carbonyl (C=O) groups is 2. The first-order chi connectivity index (χ1) is 11.0. The zero-order valence-corrected chi connectivity index (χ0v) is 13.1. The smallest absolute Gasteiger partial charge is 0.308 e. The number of amides is 1. The van der Waals surface area contributed by atoms with Gasteiger partial charge in [-0.1, -0.05) is 29.8 Å². The Labute approximate surface area is 134 Å². The monoisotopic (exact) mass is 313 g/mol. The van der Waals surface area contributed by atoms with Crippen molar-refractivity contribution in [1.82, 2.24) is 15.3 Å². The number of hydrogen-bond donors (Lipinski definition) is 2. The normalized spacial score (nSPS) is 11.7. The lowest BCUT2D eigenvalue weighted by Crippen LogP contribution is -2.34. The topological polar surface area (TPSA) is 92.2 Å². The van der Waals surface area contributed by atoms with Crippen molar-refractivity contribution in [2.45, 2.75) is 20.3 Å². The van der Waals surface area contributed by atoms with Crippen LogP contribution >= 0.6 is 0 Å². The van der Waals surface area contributed by atoms with Crippen LogP contribution in [0.1, 0.15) is 27.2 Å². The largest absolute Gasteiger partial charge is 0.481 e. The summed E-state index contributed by atoms with van der Waals surface area (Å²) in [6, 6.07) is 7.69. The summed E-state index contributed by atoms with van der Waals surface area (Å²) in [4.78, 5) is 31.3. The van der Waals surface area contributed by atoms with Crippen molar-refractivity contribution in [3.63, 3.8) is 0 Å². The third-order valence-corrected chi connectivity index (χ3v) is 3.58. The Balaban J connectivity index is 2.01. The molecule has 6 heteroatoms. The van der Waals surface area contributed by atoms with E-state index in [0.29, 0.717) is 17.7 Å². The average Bonchev–Trinajstić information content (AvgIpc) is 2.51. The Morgan fingerprint density at radius 1 is 1.30 bits per heavy atom. The van der Waals surface area contributed by atoms with E-state index in [9.17, 15) is 14.7 Å². The molecule has 0 aliphatic rings. The van der Waals surface area contributed by atoms with Crippen LogP contribution < -0.4 is 5.32 Å². The Morgan fingerprint density at radius 2 is 2.09 bits per heavy atom. The van der Waals surface area contributed by atoms with Gasteiger partial charge in [0.05, 0.1) is 17.2 Å². The number of benzene rings is 1. The fourth-order valence-electron chi connectivity index (χ4n) is 2.30. The number of aliphatic carboxylic acids is 1. The summed E-state index contributed by atoms with van der Waals surface area (Å²) >= 11 is 0. The summed E-state index contributed by atoms with van der Waals surface area (Å²) in [6.07, 6.45) is 3.15. The first-order valence-electron chi connectivity index (χ1n) is 7.30. The zero-order valence-electron chi connectivity index (χ0n) is 13.1. The number of nitrogens with one attached hydrogen (secondary N) is 1. The molecule has 2 aromatic rings. The molecule has 2 N–H and O–H groups in total. The van der Waals surface area contributed by atoms with Crippen molar-refractivity contribution >= 4 is 11.9 Å². The first-order valence-corrected chi connectivity index (χ1v) is 7.30. The molecule has 1 aromatic heterocycles. The van der Waals surface area contributed by atoms with Gasteiger partial charge >= 0.3 is 5.97 Å². The highest BCUT2D eigenvalue weighted by atomic mass is 16.4. The highest BCUT2D eigenvalue weighted by Gasteiger charge is 2.20. The lowest BCUT2D eigenvalue weighted by atomic mass is 9.98. The van der Waals surface area contributed by atoms with Gasteiger partial charge in [0.15, 0.2) is 0 Å². The summed E-state index contributed by atoms with van der Waals surface area (Å²) in [5.41, 5.74) is 2.92. The van der Waals surface area contributed by atoms with Crippen molar-refractivity contribution in [2.75, 3.05) is 6.54 Å². The van der Waals surface area contributed by atoms with Crippen molar-refractivity contribution in [1.29, 1.82) is 0 Å². The van der Waals surface area contributed by atoms with Crippen LogP contribution in [-0.4, -0.2) is 33.5 Å². The standard InChI is InChI=1S/C17H19N3O3/c1-11-4-3-5-13(6-11)7-14(17(22)23)8-19-16(21)15-9-18-10-20-12(15)2/h3-6,9-10,14H,7-8H2,1-2H3,(H,19,21)(H,22,23). The Hall–Kier alpha value is -2.76. The van der Waals surface area contributed by atoms with Crippen LogP contribution in [0.15, 0.2) is 36.8 Å². The molecule has 1 atom stereocenters. The van der Waals surface area contributed by atoms with Gasteiger partial charge < -0.3 is 10.4 Å². The van der Waals surface area contributed by atoms with Crippen LogP contribution in [0.5, 0.6) is 0 Å². The van der Waals surface area contributed by atoms with E-state index in [1.54, 1.807) is 6.92 Å². The van der Waals surface area contributed by atoms with E-state index >= 15 is 0 Å². The summed E-state index contributed by atoms with van der Waals surface area (Å²) in [6.45, 7) is 3.72. The van der Waals surface area contributed by atoms with Crippen molar-refractivity contribution in [2.24, 2.45) is 5.92 Å². The zero-order chi connectivity index (χ0) is 16.8. The molecular formula is C17H19N3O3. The molecule has 0 saturated carbocycles. The third kappa shape index (κ3) is 4.60. The van der Waals surface area contributed by atoms with Gasteiger partial charge in [0.1, 0.15) is 6.33 Å². The van der Waals surface area contributed by atoms with Crippen LogP contribution in [0.4, 0.5) is 0 Å². The highest BCUT2D eigenvalue weighted by Crippen LogP contribution is 2.11. The molecule has 1 aromatic carbocycles. The molecule has 0 bridgehead atoms. The second kappa shape index (κ2) is 7.49. The van der Waals surface area contributed by atoms with E-state index in [4.69, 9.17) is 0 Å². The molecule has 0 fully saturated rings. The maximum absolute atomic E-state index is 12.1. The molecular weight excluding hydrogens is 294 g/mol. The van der Waals surface area contributed by atoms with E-state index in [1.165, 1.54) is 12.5 Å². The van der Waals surface area contributed by atoms with Gasteiger partial charge in [0.2, 0.25) is 0 Å². The minimum Gasteiger partial charge on any atom is -0.481 e. The molecule has 0 radical (unpaired) electrons. The summed E-state index contributed by atoms with van der Waals surface area (Å²) < 4.78 is 0. The van der Waals surface area contributed by atoms with Gasteiger partial charge in [0.25, 0.3) is 5.91 Å². The molecule has 6 nitrogen and oxygen atoms in total. The lowest BCUT2D eigenvalue weighted by molar-refractivity contribution is -0.141. The summed E-state index contributed by atoms with van der Waals surface area (Å²) in [5.74, 6) is -1.99. The van der Waals surface area contributed by atoms with E-state index in [1.807, 2.05) is 31.2 Å². The minimum atomic E-state index is -0.937. The molecule has 0 aliphatic carbocycles. The Kier molecular flexibility index (Phi) is 5.41. The van der Waals surface area contributed by atoms with Gasteiger partial charge in [-0.25, -0.2) is 9.97 Å². The number of nitrogens with zero attached hydrogens (tertiary/aromatic N) is 2. The van der Waals surface area contributed by atoms with Gasteiger partial charge in [-0.2, -0.15) is 0 Å². The number of hydrogen-bond acceptors (Lipinski definition) is 4. The van der Waals surface area contributed by atoms with Crippen LogP contribution in [0.3, 0.4) is 0 Å². The van der Waals surface area contributed by atoms with Gasteiger partial charge in [-0.05, 0) is 25.8 Å². The third-order valence-electron chi connectivity index (χ3n) is 3.58. The van der Waals surface area contributed by atoms with Crippen molar-refractivity contribution < 1.29 is 14.7 Å². The second-order valence-electron chi connectivity index (χ2n) is 5.46. The quantitative estimate of drug-likeness (QED) is 0.848. The van der Waals surface area contributed by atoms with Crippen LogP contribution in [0.2, 0.25) is 0 Å². The van der Waals surface area contributed by atoms with E-state index < -0.39 is 11.9 Å². The number of carboxylic acid groups (broad SMARTS) is 1. The molecule has 23 heavy (non-hydrogen) atoms. The average molecular weight is 313 g/mol. The molecule has 0 spiro atoms. The van der Waals surface area contributed by atoms with Gasteiger partial charge in [0, 0.05) is 12.7 Å². The summed E-state index contributed by atoms with van der Waals surface area (Å²) in [7, 11) is 0. The number of carboxylic acids is 1. The highest BCUT2D eigenvalue weighted by molar-refractivity contribution is 5.95. The maximum atomic E-state index is 12.1. The van der Waals surface area contributed by atoms with Gasteiger partial charge in [-0.3, -0.25) is 9.59 Å². The molecule has 0 aliphatic heterocycles. The Morgan fingerprint density at radius 3 is 2.74 bits per heavy atom. The molecule has 1 heterocycles. The molecule has 1 amide bonds. The predicted molar refractivity (Wildman–Crippen MR) is 85.1 cm³/mol. The first kappa shape index (κ1) is 16.6. The molecule has 120 valence electrons. The fourth-order valence-corrected chi connectivity index (χ4v) is 2.30. The number of carbonyl (C=O) groups excluding carboxylic acids is 1. The SMILES string of the molecule is Cc1cccc(CC(CNC(=O)c2cncnc2C)C(=O)O)c1. The second-order valence-corrected chi connectivity index (χ2v) is 5.46.